The fourth-order valence-corrected chi connectivity index (χ4v) is 3.79. The first kappa shape index (κ1) is 16.5. The van der Waals surface area contributed by atoms with Crippen LogP contribution < -0.4 is 0 Å². The molecule has 1 N–H and O–H groups in total. The Kier molecular flexibility index (Phi) is 5.83. The standard InChI is InChI=1S/C19H30O2/c1-5-16-7-6-8-17(11-16)21-12-18(20)19-14(3)9-13(2)10-15(19)4/h9-10,16-18,20H,5-8,11-12H2,1-4H3. The van der Waals surface area contributed by atoms with Crippen LogP contribution in [-0.4, -0.2) is 17.8 Å². The van der Waals surface area contributed by atoms with Crippen LogP contribution in [0.1, 0.15) is 67.4 Å². The number of rotatable bonds is 5. The van der Waals surface area contributed by atoms with Gasteiger partial charge in [0, 0.05) is 0 Å². The van der Waals surface area contributed by atoms with Crippen molar-refractivity contribution < 1.29 is 9.84 Å². The van der Waals surface area contributed by atoms with Gasteiger partial charge in [0.25, 0.3) is 0 Å². The van der Waals surface area contributed by atoms with Crippen molar-refractivity contribution in [1.82, 2.24) is 0 Å². The molecule has 0 aliphatic heterocycles. The van der Waals surface area contributed by atoms with Gasteiger partial charge >= 0.3 is 0 Å². The van der Waals surface area contributed by atoms with Crippen LogP contribution in [0.2, 0.25) is 0 Å². The maximum absolute atomic E-state index is 10.5. The van der Waals surface area contributed by atoms with E-state index in [1.54, 1.807) is 0 Å². The molecule has 0 aromatic heterocycles. The predicted molar refractivity (Wildman–Crippen MR) is 87.6 cm³/mol. The molecule has 0 saturated heterocycles. The molecule has 118 valence electrons. The number of ether oxygens (including phenoxy) is 1. The molecule has 0 bridgehead atoms. The molecule has 0 radical (unpaired) electrons. The second-order valence-electron chi connectivity index (χ2n) is 6.72. The van der Waals surface area contributed by atoms with Gasteiger partial charge in [-0.15, -0.1) is 0 Å². The summed E-state index contributed by atoms with van der Waals surface area (Å²) in [5, 5.41) is 10.5. The van der Waals surface area contributed by atoms with Gasteiger partial charge in [-0.2, -0.15) is 0 Å². The summed E-state index contributed by atoms with van der Waals surface area (Å²) in [4.78, 5) is 0. The van der Waals surface area contributed by atoms with Crippen LogP contribution in [0.5, 0.6) is 0 Å². The average molecular weight is 290 g/mol. The lowest BCUT2D eigenvalue weighted by Gasteiger charge is -2.29. The van der Waals surface area contributed by atoms with E-state index in [9.17, 15) is 5.11 Å². The second-order valence-corrected chi connectivity index (χ2v) is 6.72. The molecule has 0 spiro atoms. The maximum Gasteiger partial charge on any atom is 0.103 e. The molecule has 21 heavy (non-hydrogen) atoms. The number of hydrogen-bond donors (Lipinski definition) is 1. The van der Waals surface area contributed by atoms with Crippen LogP contribution in [0.15, 0.2) is 12.1 Å². The van der Waals surface area contributed by atoms with Crippen LogP contribution in [0.4, 0.5) is 0 Å². The van der Waals surface area contributed by atoms with Crippen molar-refractivity contribution in [1.29, 1.82) is 0 Å². The minimum atomic E-state index is -0.507. The fourth-order valence-electron chi connectivity index (χ4n) is 3.79. The Morgan fingerprint density at radius 2 is 1.86 bits per heavy atom. The van der Waals surface area contributed by atoms with Crippen molar-refractivity contribution in [3.8, 4) is 0 Å². The van der Waals surface area contributed by atoms with Crippen LogP contribution in [0.25, 0.3) is 0 Å². The molecule has 1 saturated carbocycles. The summed E-state index contributed by atoms with van der Waals surface area (Å²) in [6.07, 6.45) is 6.00. The first-order valence-corrected chi connectivity index (χ1v) is 8.38. The molecule has 1 aliphatic rings. The van der Waals surface area contributed by atoms with E-state index in [2.05, 4.69) is 39.8 Å². The minimum Gasteiger partial charge on any atom is -0.386 e. The largest absolute Gasteiger partial charge is 0.386 e. The normalized spacial score (nSPS) is 24.0. The number of aliphatic hydroxyl groups excluding tert-OH is 1. The van der Waals surface area contributed by atoms with Crippen LogP contribution >= 0.6 is 0 Å². The molecule has 1 fully saturated rings. The maximum atomic E-state index is 10.5. The van der Waals surface area contributed by atoms with Gasteiger partial charge in [0.05, 0.1) is 12.7 Å². The monoisotopic (exact) mass is 290 g/mol. The Hall–Kier alpha value is -0.860. The van der Waals surface area contributed by atoms with E-state index in [-0.39, 0.29) is 0 Å². The van der Waals surface area contributed by atoms with Gasteiger partial charge in [0.2, 0.25) is 0 Å². The lowest BCUT2D eigenvalue weighted by Crippen LogP contribution is -2.25. The zero-order valence-electron chi connectivity index (χ0n) is 14.0. The highest BCUT2D eigenvalue weighted by atomic mass is 16.5. The lowest BCUT2D eigenvalue weighted by molar-refractivity contribution is -0.0342. The van der Waals surface area contributed by atoms with Crippen molar-refractivity contribution in [2.45, 2.75) is 72.0 Å². The van der Waals surface area contributed by atoms with E-state index in [4.69, 9.17) is 4.74 Å². The fraction of sp³-hybridized carbons (Fsp3) is 0.684. The highest BCUT2D eigenvalue weighted by Crippen LogP contribution is 2.30. The van der Waals surface area contributed by atoms with Gasteiger partial charge in [-0.05, 0) is 56.2 Å². The zero-order valence-corrected chi connectivity index (χ0v) is 14.0. The zero-order chi connectivity index (χ0) is 15.4. The summed E-state index contributed by atoms with van der Waals surface area (Å²) < 4.78 is 6.02. The SMILES string of the molecule is CCC1CCCC(OCC(O)c2c(C)cc(C)cc2C)C1. The smallest absolute Gasteiger partial charge is 0.103 e. The molecule has 3 atom stereocenters. The number of hydrogen-bond acceptors (Lipinski definition) is 2. The van der Waals surface area contributed by atoms with E-state index in [1.165, 1.54) is 36.0 Å². The third kappa shape index (κ3) is 4.31. The molecule has 1 aromatic rings. The van der Waals surface area contributed by atoms with Crippen molar-refractivity contribution in [2.24, 2.45) is 5.92 Å². The summed E-state index contributed by atoms with van der Waals surface area (Å²) in [5.41, 5.74) is 4.63. The number of aryl methyl sites for hydroxylation is 3. The van der Waals surface area contributed by atoms with E-state index in [1.807, 2.05) is 0 Å². The van der Waals surface area contributed by atoms with E-state index < -0.39 is 6.10 Å². The highest BCUT2D eigenvalue weighted by Gasteiger charge is 2.23. The Labute approximate surface area is 129 Å². The van der Waals surface area contributed by atoms with Crippen molar-refractivity contribution in [3.63, 3.8) is 0 Å². The average Bonchev–Trinajstić information content (AvgIpc) is 2.44. The first-order chi connectivity index (χ1) is 10.0. The predicted octanol–water partition coefficient (Wildman–Crippen LogP) is 4.63. The Bertz CT molecular complexity index is 444. The van der Waals surface area contributed by atoms with Gasteiger partial charge in [-0.3, -0.25) is 0 Å². The van der Waals surface area contributed by atoms with E-state index in [0.717, 1.165) is 24.3 Å². The lowest BCUT2D eigenvalue weighted by atomic mass is 9.85. The van der Waals surface area contributed by atoms with Gasteiger partial charge < -0.3 is 9.84 Å². The van der Waals surface area contributed by atoms with Gasteiger partial charge in [0.1, 0.15) is 6.10 Å². The quantitative estimate of drug-likeness (QED) is 0.856. The summed E-state index contributed by atoms with van der Waals surface area (Å²) in [7, 11) is 0. The third-order valence-electron chi connectivity index (χ3n) is 4.87. The van der Waals surface area contributed by atoms with Crippen molar-refractivity contribution >= 4 is 0 Å². The number of benzene rings is 1. The first-order valence-electron chi connectivity index (χ1n) is 8.38. The molecule has 1 aliphatic carbocycles. The van der Waals surface area contributed by atoms with Gasteiger partial charge in [-0.1, -0.05) is 43.9 Å². The highest BCUT2D eigenvalue weighted by molar-refractivity contribution is 5.38. The van der Waals surface area contributed by atoms with Crippen LogP contribution in [-0.2, 0) is 4.74 Å². The summed E-state index contributed by atoms with van der Waals surface area (Å²) in [5.74, 6) is 0.809. The Morgan fingerprint density at radius 1 is 1.19 bits per heavy atom. The van der Waals surface area contributed by atoms with E-state index >= 15 is 0 Å². The molecular formula is C19H30O2. The third-order valence-corrected chi connectivity index (χ3v) is 4.87. The number of aliphatic hydroxyl groups is 1. The molecule has 2 heteroatoms. The van der Waals surface area contributed by atoms with E-state index in [0.29, 0.717) is 12.7 Å². The molecule has 2 rings (SSSR count). The molecule has 0 heterocycles. The molecule has 2 nitrogen and oxygen atoms in total. The Morgan fingerprint density at radius 3 is 2.48 bits per heavy atom. The van der Waals surface area contributed by atoms with Crippen molar-refractivity contribution in [3.05, 3.63) is 34.4 Å². The van der Waals surface area contributed by atoms with Gasteiger partial charge in [-0.25, -0.2) is 0 Å². The molecule has 3 unspecified atom stereocenters. The summed E-state index contributed by atoms with van der Waals surface area (Å²) in [6, 6.07) is 4.28. The minimum absolute atomic E-state index is 0.337. The topological polar surface area (TPSA) is 29.5 Å². The van der Waals surface area contributed by atoms with Gasteiger partial charge in [0.15, 0.2) is 0 Å². The summed E-state index contributed by atoms with van der Waals surface area (Å²) in [6.45, 7) is 8.94. The van der Waals surface area contributed by atoms with Crippen LogP contribution in [0.3, 0.4) is 0 Å². The summed E-state index contributed by atoms with van der Waals surface area (Å²) >= 11 is 0. The Balaban J connectivity index is 1.94. The van der Waals surface area contributed by atoms with Crippen LogP contribution in [0, 0.1) is 26.7 Å². The molecule has 1 aromatic carbocycles. The second kappa shape index (κ2) is 7.42. The molecular weight excluding hydrogens is 260 g/mol. The molecule has 0 amide bonds. The van der Waals surface area contributed by atoms with Crippen molar-refractivity contribution in [2.75, 3.05) is 6.61 Å².